The molecule has 1 aromatic carbocycles. The van der Waals surface area contributed by atoms with Gasteiger partial charge in [0.15, 0.2) is 5.78 Å². The predicted octanol–water partition coefficient (Wildman–Crippen LogP) is 2.38. The molecule has 1 aromatic rings. The number of halogens is 1. The van der Waals surface area contributed by atoms with Gasteiger partial charge in [0.05, 0.1) is 12.3 Å². The van der Waals surface area contributed by atoms with E-state index in [1.165, 1.54) is 13.0 Å². The summed E-state index contributed by atoms with van der Waals surface area (Å²) in [5, 5.41) is 9.08. The molecule has 3 nitrogen and oxygen atoms in total. The van der Waals surface area contributed by atoms with Crippen LogP contribution in [0.5, 0.6) is 0 Å². The van der Waals surface area contributed by atoms with Gasteiger partial charge in [-0.05, 0) is 44.4 Å². The molecule has 1 aliphatic rings. The third-order valence-corrected chi connectivity index (χ3v) is 3.52. The second-order valence-electron chi connectivity index (χ2n) is 4.72. The lowest BCUT2D eigenvalue weighted by atomic mass is 9.91. The molecule has 0 unspecified atom stereocenters. The van der Waals surface area contributed by atoms with Crippen LogP contribution in [0.15, 0.2) is 18.2 Å². The molecule has 98 valence electrons. The SMILES string of the molecule is CC(=O)c1ccc(N(CCO)C2CCC2)c(F)c1. The molecule has 1 saturated carbocycles. The van der Waals surface area contributed by atoms with Crippen molar-refractivity contribution < 1.29 is 14.3 Å². The van der Waals surface area contributed by atoms with Gasteiger partial charge < -0.3 is 10.0 Å². The zero-order valence-corrected chi connectivity index (χ0v) is 10.5. The predicted molar refractivity (Wildman–Crippen MR) is 68.5 cm³/mol. The molecule has 1 aliphatic carbocycles. The van der Waals surface area contributed by atoms with Crippen molar-refractivity contribution in [2.75, 3.05) is 18.1 Å². The smallest absolute Gasteiger partial charge is 0.159 e. The van der Waals surface area contributed by atoms with Crippen molar-refractivity contribution in [3.05, 3.63) is 29.6 Å². The molecule has 0 radical (unpaired) electrons. The van der Waals surface area contributed by atoms with E-state index >= 15 is 0 Å². The quantitative estimate of drug-likeness (QED) is 0.817. The van der Waals surface area contributed by atoms with Crippen LogP contribution in [0.2, 0.25) is 0 Å². The van der Waals surface area contributed by atoms with Gasteiger partial charge in [0.25, 0.3) is 0 Å². The first-order valence-corrected chi connectivity index (χ1v) is 6.31. The number of carbonyl (C=O) groups is 1. The number of anilines is 1. The molecule has 0 atom stereocenters. The van der Waals surface area contributed by atoms with Crippen molar-refractivity contribution in [1.82, 2.24) is 0 Å². The van der Waals surface area contributed by atoms with E-state index in [1.807, 2.05) is 4.90 Å². The summed E-state index contributed by atoms with van der Waals surface area (Å²) >= 11 is 0. The molecule has 0 aromatic heterocycles. The zero-order chi connectivity index (χ0) is 13.1. The Labute approximate surface area is 106 Å². The lowest BCUT2D eigenvalue weighted by Gasteiger charge is -2.39. The Morgan fingerprint density at radius 2 is 2.22 bits per heavy atom. The first-order chi connectivity index (χ1) is 8.63. The summed E-state index contributed by atoms with van der Waals surface area (Å²) in [6.45, 7) is 1.86. The highest BCUT2D eigenvalue weighted by Crippen LogP contribution is 2.31. The fraction of sp³-hybridized carbons (Fsp3) is 0.500. The van der Waals surface area contributed by atoms with E-state index < -0.39 is 0 Å². The van der Waals surface area contributed by atoms with Gasteiger partial charge in [-0.15, -0.1) is 0 Å². The highest BCUT2D eigenvalue weighted by Gasteiger charge is 2.26. The van der Waals surface area contributed by atoms with Crippen molar-refractivity contribution in [1.29, 1.82) is 0 Å². The van der Waals surface area contributed by atoms with E-state index in [9.17, 15) is 9.18 Å². The molecule has 0 spiro atoms. The van der Waals surface area contributed by atoms with Gasteiger partial charge in [0.2, 0.25) is 0 Å². The fourth-order valence-electron chi connectivity index (χ4n) is 2.26. The Morgan fingerprint density at radius 3 is 2.67 bits per heavy atom. The van der Waals surface area contributed by atoms with Gasteiger partial charge >= 0.3 is 0 Å². The summed E-state index contributed by atoms with van der Waals surface area (Å²) in [4.78, 5) is 13.1. The number of carbonyl (C=O) groups excluding carboxylic acids is 1. The number of hydrogen-bond donors (Lipinski definition) is 1. The number of Topliss-reactive ketones (excluding diaryl/α,β-unsaturated/α-hetero) is 1. The topological polar surface area (TPSA) is 40.5 Å². The van der Waals surface area contributed by atoms with Crippen LogP contribution < -0.4 is 4.90 Å². The first-order valence-electron chi connectivity index (χ1n) is 6.31. The average Bonchev–Trinajstić information content (AvgIpc) is 2.26. The summed E-state index contributed by atoms with van der Waals surface area (Å²) in [7, 11) is 0. The third-order valence-electron chi connectivity index (χ3n) is 3.52. The second-order valence-corrected chi connectivity index (χ2v) is 4.72. The molecule has 0 heterocycles. The zero-order valence-electron chi connectivity index (χ0n) is 10.5. The number of ketones is 1. The molecule has 2 rings (SSSR count). The van der Waals surface area contributed by atoms with Crippen molar-refractivity contribution >= 4 is 11.5 Å². The Hall–Kier alpha value is -1.42. The maximum absolute atomic E-state index is 14.0. The maximum atomic E-state index is 14.0. The normalized spacial score (nSPS) is 15.3. The van der Waals surface area contributed by atoms with E-state index in [0.717, 1.165) is 19.3 Å². The molecule has 0 aliphatic heterocycles. The number of benzene rings is 1. The third kappa shape index (κ3) is 2.53. The van der Waals surface area contributed by atoms with Crippen molar-refractivity contribution in [2.45, 2.75) is 32.2 Å². The van der Waals surface area contributed by atoms with Crippen LogP contribution in [-0.2, 0) is 0 Å². The average molecular weight is 251 g/mol. The largest absolute Gasteiger partial charge is 0.395 e. The molecule has 4 heteroatoms. The molecule has 0 saturated heterocycles. The summed E-state index contributed by atoms with van der Waals surface area (Å²) in [5.74, 6) is -0.527. The van der Waals surface area contributed by atoms with E-state index in [2.05, 4.69) is 0 Å². The van der Waals surface area contributed by atoms with Crippen LogP contribution >= 0.6 is 0 Å². The van der Waals surface area contributed by atoms with E-state index in [4.69, 9.17) is 5.11 Å². The maximum Gasteiger partial charge on any atom is 0.159 e. The summed E-state index contributed by atoms with van der Waals surface area (Å²) in [6.07, 6.45) is 3.22. The highest BCUT2D eigenvalue weighted by molar-refractivity contribution is 5.94. The fourth-order valence-corrected chi connectivity index (χ4v) is 2.26. The van der Waals surface area contributed by atoms with Gasteiger partial charge in [-0.2, -0.15) is 0 Å². The first kappa shape index (κ1) is 13.0. The second kappa shape index (κ2) is 5.48. The van der Waals surface area contributed by atoms with Gasteiger partial charge in [-0.25, -0.2) is 4.39 Å². The molecular weight excluding hydrogens is 233 g/mol. The van der Waals surface area contributed by atoms with Gasteiger partial charge in [0.1, 0.15) is 5.82 Å². The summed E-state index contributed by atoms with van der Waals surface area (Å²) in [5.41, 5.74) is 0.868. The summed E-state index contributed by atoms with van der Waals surface area (Å²) < 4.78 is 14.0. The number of nitrogens with zero attached hydrogens (tertiary/aromatic N) is 1. The Balaban J connectivity index is 2.26. The number of rotatable bonds is 5. The Morgan fingerprint density at radius 1 is 1.50 bits per heavy atom. The van der Waals surface area contributed by atoms with Crippen LogP contribution in [0.3, 0.4) is 0 Å². The minimum absolute atomic E-state index is 0.00436. The van der Waals surface area contributed by atoms with Crippen LogP contribution in [0.1, 0.15) is 36.5 Å². The number of aliphatic hydroxyl groups is 1. The van der Waals surface area contributed by atoms with E-state index in [1.54, 1.807) is 12.1 Å². The van der Waals surface area contributed by atoms with Crippen molar-refractivity contribution in [3.63, 3.8) is 0 Å². The summed E-state index contributed by atoms with van der Waals surface area (Å²) in [6, 6.07) is 4.87. The lowest BCUT2D eigenvalue weighted by molar-refractivity contribution is 0.101. The van der Waals surface area contributed by atoms with Gasteiger partial charge in [-0.3, -0.25) is 4.79 Å². The molecule has 0 amide bonds. The Kier molecular flexibility index (Phi) is 3.97. The van der Waals surface area contributed by atoms with E-state index in [-0.39, 0.29) is 18.2 Å². The van der Waals surface area contributed by atoms with Crippen LogP contribution in [-0.4, -0.2) is 30.1 Å². The number of hydrogen-bond acceptors (Lipinski definition) is 3. The number of aliphatic hydroxyl groups excluding tert-OH is 1. The van der Waals surface area contributed by atoms with Crippen molar-refractivity contribution in [2.24, 2.45) is 0 Å². The van der Waals surface area contributed by atoms with Gasteiger partial charge in [-0.1, -0.05) is 0 Å². The minimum Gasteiger partial charge on any atom is -0.395 e. The monoisotopic (exact) mass is 251 g/mol. The molecule has 0 bridgehead atoms. The van der Waals surface area contributed by atoms with Gasteiger partial charge in [0, 0.05) is 18.2 Å². The van der Waals surface area contributed by atoms with Crippen molar-refractivity contribution in [3.8, 4) is 0 Å². The van der Waals surface area contributed by atoms with Crippen LogP contribution in [0, 0.1) is 5.82 Å². The molecule has 18 heavy (non-hydrogen) atoms. The molecular formula is C14H18FNO2. The van der Waals surface area contributed by atoms with E-state index in [0.29, 0.717) is 23.8 Å². The van der Waals surface area contributed by atoms with Crippen LogP contribution in [0.4, 0.5) is 10.1 Å². The standard InChI is InChI=1S/C14H18FNO2/c1-10(18)11-5-6-14(13(15)9-11)16(7-8-17)12-3-2-4-12/h5-6,9,12,17H,2-4,7-8H2,1H3. The Bertz CT molecular complexity index is 443. The minimum atomic E-state index is -0.386. The highest BCUT2D eigenvalue weighted by atomic mass is 19.1. The van der Waals surface area contributed by atoms with Crippen LogP contribution in [0.25, 0.3) is 0 Å². The lowest BCUT2D eigenvalue weighted by Crippen LogP contribution is -2.42. The molecule has 1 N–H and O–H groups in total. The molecule has 1 fully saturated rings.